The number of likely N-dealkylation sites (N-methyl/N-ethyl adjacent to an activating group) is 2. The van der Waals surface area contributed by atoms with Gasteiger partial charge in [-0.2, -0.15) is 0 Å². The number of nitrogens with zero attached hydrogens (tertiary/aromatic N) is 2. The second-order valence-electron chi connectivity index (χ2n) is 18.3. The van der Waals surface area contributed by atoms with Crippen LogP contribution in [-0.4, -0.2) is 107 Å². The van der Waals surface area contributed by atoms with Crippen molar-refractivity contribution in [1.82, 2.24) is 0 Å². The molecule has 70 heavy (non-hydrogen) atoms. The Balaban J connectivity index is 1.20. The van der Waals surface area contributed by atoms with Gasteiger partial charge in [0.2, 0.25) is 0 Å². The van der Waals surface area contributed by atoms with Crippen molar-refractivity contribution in [2.75, 3.05) is 98.2 Å². The van der Waals surface area contributed by atoms with Gasteiger partial charge in [-0.05, 0) is 95.1 Å². The van der Waals surface area contributed by atoms with E-state index in [9.17, 15) is 0 Å². The summed E-state index contributed by atoms with van der Waals surface area (Å²) in [6, 6.07) is 35.1. The summed E-state index contributed by atoms with van der Waals surface area (Å²) in [6.07, 6.45) is 0. The van der Waals surface area contributed by atoms with Crippen LogP contribution in [0.1, 0.15) is 33.4 Å². The van der Waals surface area contributed by atoms with Crippen molar-refractivity contribution < 1.29 is 65.8 Å². The van der Waals surface area contributed by atoms with Crippen molar-refractivity contribution >= 4 is 0 Å². The Labute approximate surface area is 413 Å². The molecule has 14 heteroatoms. The molecule has 0 N–H and O–H groups in total. The van der Waals surface area contributed by atoms with Gasteiger partial charge in [0.25, 0.3) is 0 Å². The lowest BCUT2D eigenvalue weighted by Crippen LogP contribution is -2.49. The van der Waals surface area contributed by atoms with Gasteiger partial charge in [0.1, 0.15) is 122 Å². The molecule has 6 rings (SSSR count). The molecular weight excluding hydrogens is 893 g/mol. The smallest absolute Gasteiger partial charge is 0.128 e. The van der Waals surface area contributed by atoms with Gasteiger partial charge in [-0.3, -0.25) is 0 Å². The molecule has 0 radical (unpaired) electrons. The van der Waals surface area contributed by atoms with Gasteiger partial charge >= 0.3 is 0 Å². The molecule has 0 aliphatic rings. The topological polar surface area (TPSA) is 111 Å². The number of benzene rings is 6. The summed E-state index contributed by atoms with van der Waals surface area (Å²) in [6.45, 7) is 4.40. The fourth-order valence-corrected chi connectivity index (χ4v) is 7.93. The van der Waals surface area contributed by atoms with Crippen LogP contribution in [0.4, 0.5) is 0 Å². The zero-order chi connectivity index (χ0) is 50.3. The van der Waals surface area contributed by atoms with Crippen molar-refractivity contribution in [2.45, 2.75) is 39.5 Å². The predicted octanol–water partition coefficient (Wildman–Crippen LogP) is 9.92. The monoisotopic (exact) mass is 962 g/mol. The fourth-order valence-electron chi connectivity index (χ4n) is 7.93. The van der Waals surface area contributed by atoms with E-state index in [0.29, 0.717) is 104 Å². The van der Waals surface area contributed by atoms with Crippen molar-refractivity contribution in [2.24, 2.45) is 0 Å². The first-order valence-electron chi connectivity index (χ1n) is 22.9. The van der Waals surface area contributed by atoms with Gasteiger partial charge in [-0.15, -0.1) is 0 Å². The highest BCUT2D eigenvalue weighted by molar-refractivity contribution is 5.44. The molecule has 374 valence electrons. The van der Waals surface area contributed by atoms with Crippen LogP contribution in [-0.2, 0) is 39.5 Å². The third-order valence-corrected chi connectivity index (χ3v) is 11.7. The second kappa shape index (κ2) is 24.4. The average molecular weight is 963 g/mol. The van der Waals surface area contributed by atoms with E-state index in [4.69, 9.17) is 56.8 Å². The first-order chi connectivity index (χ1) is 33.6. The Morgan fingerprint density at radius 3 is 0.600 bits per heavy atom. The Bertz CT molecular complexity index is 2220. The predicted molar refractivity (Wildman–Crippen MR) is 270 cm³/mol. The molecule has 0 saturated heterocycles. The summed E-state index contributed by atoms with van der Waals surface area (Å²) < 4.78 is 71.3. The van der Waals surface area contributed by atoms with Gasteiger partial charge < -0.3 is 65.8 Å². The molecular formula is C56H70N2O12+2. The van der Waals surface area contributed by atoms with Gasteiger partial charge in [-0.1, -0.05) is 0 Å². The van der Waals surface area contributed by atoms with E-state index in [1.807, 2.05) is 84.9 Å². The van der Waals surface area contributed by atoms with Crippen molar-refractivity contribution in [3.63, 3.8) is 0 Å². The molecule has 0 spiro atoms. The summed E-state index contributed by atoms with van der Waals surface area (Å²) in [7, 11) is 22.1. The van der Waals surface area contributed by atoms with E-state index >= 15 is 0 Å². The quantitative estimate of drug-likeness (QED) is 0.0459. The van der Waals surface area contributed by atoms with Crippen LogP contribution in [0, 0.1) is 0 Å². The standard InChI is InChI=1S/C56H70N2O12/c1-57(2,33-39-15-53(67-35-41-19-45(59-5)27-46(20-41)60-6)31-54(16-39)68-36-42-21-47(61-7)28-48(22-42)62-8)13-14-58(3,4)34-40-17-55(69-37-43-23-49(63-9)29-50(24-43)64-10)32-56(18-40)70-38-44-25-51(65-11)30-52(26-44)66-12/h15-32H,13-14,33-38H2,1-12H3/q+2. The SMILES string of the molecule is COc1cc(COc2cc(C[N+](C)(C)CC[N+](C)(C)Cc3cc(OCc4cc(OC)cc(OC)c4)cc(OCc4cc(OC)cc(OC)c4)c3)cc(OCc3cc(OC)cc(OC)c3)c2)cc(OC)c1. The van der Waals surface area contributed by atoms with Crippen molar-refractivity contribution in [3.05, 3.63) is 143 Å². The van der Waals surface area contributed by atoms with Crippen LogP contribution in [0.3, 0.4) is 0 Å². The average Bonchev–Trinajstić information content (AvgIpc) is 3.37. The van der Waals surface area contributed by atoms with Gasteiger partial charge in [0, 0.05) is 47.5 Å². The second-order valence-corrected chi connectivity index (χ2v) is 18.3. The molecule has 0 bridgehead atoms. The minimum atomic E-state index is 0.304. The van der Waals surface area contributed by atoms with Crippen LogP contribution < -0.4 is 56.8 Å². The fraction of sp³-hybridized carbons (Fsp3) is 0.357. The van der Waals surface area contributed by atoms with E-state index in [0.717, 1.165) is 59.6 Å². The molecule has 6 aromatic carbocycles. The molecule has 0 amide bonds. The van der Waals surface area contributed by atoms with E-state index in [-0.39, 0.29) is 0 Å². The number of methoxy groups -OCH3 is 8. The minimum absolute atomic E-state index is 0.304. The highest BCUT2D eigenvalue weighted by Crippen LogP contribution is 2.32. The van der Waals surface area contributed by atoms with Crippen LogP contribution in [0.25, 0.3) is 0 Å². The Kier molecular flexibility index (Phi) is 18.2. The molecule has 0 atom stereocenters. The summed E-state index contributed by atoms with van der Waals surface area (Å²) in [5.74, 6) is 8.27. The molecule has 0 saturated carbocycles. The Morgan fingerprint density at radius 2 is 0.414 bits per heavy atom. The summed E-state index contributed by atoms with van der Waals surface area (Å²) >= 11 is 0. The third-order valence-electron chi connectivity index (χ3n) is 11.7. The zero-order valence-electron chi connectivity index (χ0n) is 42.8. The maximum atomic E-state index is 6.45. The molecule has 0 fully saturated rings. The molecule has 6 aromatic rings. The first kappa shape index (κ1) is 52.2. The summed E-state index contributed by atoms with van der Waals surface area (Å²) in [5, 5.41) is 0. The van der Waals surface area contributed by atoms with Crippen LogP contribution >= 0.6 is 0 Å². The zero-order valence-corrected chi connectivity index (χ0v) is 42.8. The maximum Gasteiger partial charge on any atom is 0.128 e. The van der Waals surface area contributed by atoms with Crippen LogP contribution in [0.2, 0.25) is 0 Å². The van der Waals surface area contributed by atoms with Crippen molar-refractivity contribution in [1.29, 1.82) is 0 Å². The maximum absolute atomic E-state index is 6.45. The highest BCUT2D eigenvalue weighted by Gasteiger charge is 2.25. The van der Waals surface area contributed by atoms with E-state index in [1.54, 1.807) is 56.9 Å². The Morgan fingerprint density at radius 1 is 0.243 bits per heavy atom. The minimum Gasteiger partial charge on any atom is -0.497 e. The number of hydrogen-bond donors (Lipinski definition) is 0. The Hall–Kier alpha value is -7.16. The third kappa shape index (κ3) is 15.7. The first-order valence-corrected chi connectivity index (χ1v) is 22.9. The van der Waals surface area contributed by atoms with Crippen molar-refractivity contribution in [3.8, 4) is 69.0 Å². The van der Waals surface area contributed by atoms with Crippen LogP contribution in [0.5, 0.6) is 69.0 Å². The summed E-state index contributed by atoms with van der Waals surface area (Å²) in [4.78, 5) is 0. The molecule has 0 aliphatic carbocycles. The normalized spacial score (nSPS) is 11.3. The molecule has 0 unspecified atom stereocenters. The van der Waals surface area contributed by atoms with Crippen LogP contribution in [0.15, 0.2) is 109 Å². The number of rotatable bonds is 27. The lowest BCUT2D eigenvalue weighted by atomic mass is 10.1. The molecule has 0 aromatic heterocycles. The lowest BCUT2D eigenvalue weighted by molar-refractivity contribution is -0.958. The summed E-state index contributed by atoms with van der Waals surface area (Å²) in [5.41, 5.74) is 5.79. The number of ether oxygens (including phenoxy) is 12. The highest BCUT2D eigenvalue weighted by atomic mass is 16.5. The molecule has 0 aliphatic heterocycles. The van der Waals surface area contributed by atoms with Gasteiger partial charge in [0.15, 0.2) is 0 Å². The number of hydrogen-bond acceptors (Lipinski definition) is 12. The molecule has 14 nitrogen and oxygen atoms in total. The van der Waals surface area contributed by atoms with Gasteiger partial charge in [-0.25, -0.2) is 0 Å². The van der Waals surface area contributed by atoms with Gasteiger partial charge in [0.05, 0.1) is 85.1 Å². The van der Waals surface area contributed by atoms with E-state index in [2.05, 4.69) is 52.5 Å². The van der Waals surface area contributed by atoms with E-state index in [1.165, 1.54) is 0 Å². The lowest BCUT2D eigenvalue weighted by Gasteiger charge is -2.36. The largest absolute Gasteiger partial charge is 0.497 e. The van der Waals surface area contributed by atoms with E-state index < -0.39 is 0 Å². The number of quaternary nitrogens is 2. The molecule has 0 heterocycles.